The number of aryl methyl sites for hydroxylation is 1. The van der Waals surface area contributed by atoms with Gasteiger partial charge in [0.15, 0.2) is 0 Å². The van der Waals surface area contributed by atoms with Gasteiger partial charge in [-0.05, 0) is 73.2 Å². The van der Waals surface area contributed by atoms with Crippen molar-refractivity contribution in [2.45, 2.75) is 63.8 Å². The normalized spacial score (nSPS) is 22.9. The molecule has 2 saturated heterocycles. The Labute approximate surface area is 231 Å². The summed E-state index contributed by atoms with van der Waals surface area (Å²) >= 11 is 0. The van der Waals surface area contributed by atoms with Crippen molar-refractivity contribution in [3.05, 3.63) is 76.4 Å². The minimum Gasteiger partial charge on any atom is -0.379 e. The van der Waals surface area contributed by atoms with Gasteiger partial charge in [-0.25, -0.2) is 0 Å². The molecule has 2 aromatic carbocycles. The quantitative estimate of drug-likeness (QED) is 0.424. The van der Waals surface area contributed by atoms with E-state index in [0.717, 1.165) is 30.8 Å². The number of carbonyl (C=O) groups excluding carboxylic acids is 1. The Balaban J connectivity index is 1.31. The Morgan fingerprint density at radius 3 is 2.62 bits per heavy atom. The molecular weight excluding hydrogens is 519 g/mol. The molecule has 212 valence electrons. The van der Waals surface area contributed by atoms with Crippen LogP contribution in [0.3, 0.4) is 0 Å². The number of piperidine rings is 1. The summed E-state index contributed by atoms with van der Waals surface area (Å²) in [7, 11) is 1.89. The van der Waals surface area contributed by atoms with E-state index < -0.39 is 17.6 Å². The molecule has 0 radical (unpaired) electrons. The second-order valence-electron chi connectivity index (χ2n) is 11.7. The van der Waals surface area contributed by atoms with Gasteiger partial charge in [-0.1, -0.05) is 19.1 Å². The highest BCUT2D eigenvalue weighted by Gasteiger charge is 2.44. The minimum absolute atomic E-state index is 0.0486. The van der Waals surface area contributed by atoms with Gasteiger partial charge in [-0.3, -0.25) is 9.69 Å². The first-order chi connectivity index (χ1) is 19.1. The number of hydrogen-bond acceptors (Lipinski definition) is 5. The smallest absolute Gasteiger partial charge is 0.379 e. The molecule has 10 heteroatoms. The van der Waals surface area contributed by atoms with E-state index in [9.17, 15) is 18.0 Å². The summed E-state index contributed by atoms with van der Waals surface area (Å²) < 4.78 is 50.4. The second-order valence-corrected chi connectivity index (χ2v) is 11.7. The Morgan fingerprint density at radius 2 is 1.95 bits per heavy atom. The predicted molar refractivity (Wildman–Crippen MR) is 144 cm³/mol. The summed E-state index contributed by atoms with van der Waals surface area (Å²) in [4.78, 5) is 17.4. The molecule has 40 heavy (non-hydrogen) atoms. The molecule has 3 aliphatic heterocycles. The number of carbonyl (C=O) groups is 1. The van der Waals surface area contributed by atoms with Crippen molar-refractivity contribution in [3.63, 3.8) is 0 Å². The van der Waals surface area contributed by atoms with E-state index in [1.807, 2.05) is 29.8 Å². The molecule has 3 aromatic rings. The summed E-state index contributed by atoms with van der Waals surface area (Å²) in [5.41, 5.74) is 1.23. The lowest BCUT2D eigenvalue weighted by molar-refractivity contribution is -0.138. The van der Waals surface area contributed by atoms with Gasteiger partial charge in [-0.2, -0.15) is 13.2 Å². The maximum absolute atomic E-state index is 14.3. The fraction of sp³-hybridized carbons (Fsp3) is 0.500. The van der Waals surface area contributed by atoms with E-state index in [4.69, 9.17) is 4.74 Å². The van der Waals surface area contributed by atoms with Crippen LogP contribution in [0.4, 0.5) is 18.9 Å². The zero-order valence-electron chi connectivity index (χ0n) is 23.0. The zero-order valence-corrected chi connectivity index (χ0v) is 23.0. The number of anilines is 1. The Kier molecular flexibility index (Phi) is 6.73. The number of alkyl halides is 3. The van der Waals surface area contributed by atoms with Crippen LogP contribution in [0.5, 0.6) is 0 Å². The zero-order chi connectivity index (χ0) is 28.2. The topological polar surface area (TPSA) is 63.5 Å². The van der Waals surface area contributed by atoms with Crippen LogP contribution in [-0.2, 0) is 42.9 Å². The first kappa shape index (κ1) is 27.0. The molecule has 2 fully saturated rings. The molecule has 0 spiro atoms. The van der Waals surface area contributed by atoms with Crippen LogP contribution in [0.1, 0.15) is 65.1 Å². The molecule has 0 unspecified atom stereocenters. The lowest BCUT2D eigenvalue weighted by atomic mass is 9.75. The van der Waals surface area contributed by atoms with Crippen molar-refractivity contribution >= 4 is 11.6 Å². The van der Waals surface area contributed by atoms with Crippen LogP contribution >= 0.6 is 0 Å². The largest absolute Gasteiger partial charge is 0.416 e. The Hall–Kier alpha value is -3.24. The van der Waals surface area contributed by atoms with Crippen molar-refractivity contribution in [2.24, 2.45) is 13.0 Å². The van der Waals surface area contributed by atoms with Crippen molar-refractivity contribution in [1.29, 1.82) is 0 Å². The summed E-state index contributed by atoms with van der Waals surface area (Å²) in [6.07, 6.45) is -0.153. The first-order valence-electron chi connectivity index (χ1n) is 13.9. The summed E-state index contributed by atoms with van der Waals surface area (Å²) in [6.45, 7) is 6.43. The molecule has 6 rings (SSSR count). The molecular formula is C30H34F3N5O2. The molecule has 0 N–H and O–H groups in total. The minimum atomic E-state index is -4.55. The number of halogens is 3. The molecule has 1 amide bonds. The van der Waals surface area contributed by atoms with Crippen LogP contribution in [0.25, 0.3) is 0 Å². The summed E-state index contributed by atoms with van der Waals surface area (Å²) in [5.74, 6) is 0.901. The molecule has 7 nitrogen and oxygen atoms in total. The lowest BCUT2D eigenvalue weighted by Crippen LogP contribution is -2.49. The molecule has 0 aliphatic carbocycles. The van der Waals surface area contributed by atoms with Gasteiger partial charge in [0.25, 0.3) is 5.91 Å². The average molecular weight is 554 g/mol. The third kappa shape index (κ3) is 4.71. The van der Waals surface area contributed by atoms with Gasteiger partial charge in [-0.15, -0.1) is 10.2 Å². The molecule has 4 heterocycles. The van der Waals surface area contributed by atoms with E-state index in [-0.39, 0.29) is 29.1 Å². The maximum atomic E-state index is 14.3. The van der Waals surface area contributed by atoms with Crippen molar-refractivity contribution in [3.8, 4) is 0 Å². The van der Waals surface area contributed by atoms with Gasteiger partial charge >= 0.3 is 6.18 Å². The van der Waals surface area contributed by atoms with E-state index in [0.29, 0.717) is 43.3 Å². The van der Waals surface area contributed by atoms with E-state index in [1.165, 1.54) is 11.0 Å². The highest BCUT2D eigenvalue weighted by molar-refractivity contribution is 6.10. The molecule has 2 atom stereocenters. The fourth-order valence-electron chi connectivity index (χ4n) is 6.39. The van der Waals surface area contributed by atoms with E-state index in [2.05, 4.69) is 28.9 Å². The summed E-state index contributed by atoms with van der Waals surface area (Å²) in [6, 6.07) is 10.7. The van der Waals surface area contributed by atoms with Crippen molar-refractivity contribution in [1.82, 2.24) is 19.7 Å². The van der Waals surface area contributed by atoms with Gasteiger partial charge in [0, 0.05) is 42.7 Å². The molecule has 0 saturated carbocycles. The Bertz CT molecular complexity index is 1430. The lowest BCUT2D eigenvalue weighted by Gasteiger charge is -2.42. The predicted octanol–water partition coefficient (Wildman–Crippen LogP) is 5.13. The average Bonchev–Trinajstić information content (AvgIpc) is 3.45. The van der Waals surface area contributed by atoms with Crippen LogP contribution in [0.15, 0.2) is 42.7 Å². The number of likely N-dealkylation sites (tertiary alicyclic amines) is 1. The number of nitrogens with zero attached hydrogens (tertiary/aromatic N) is 5. The van der Waals surface area contributed by atoms with Crippen LogP contribution in [0.2, 0.25) is 0 Å². The van der Waals surface area contributed by atoms with E-state index in [1.54, 1.807) is 18.5 Å². The van der Waals surface area contributed by atoms with Crippen LogP contribution < -0.4 is 4.90 Å². The number of hydrogen-bond donors (Lipinski definition) is 0. The highest BCUT2D eigenvalue weighted by Crippen LogP contribution is 2.42. The van der Waals surface area contributed by atoms with Gasteiger partial charge in [0.2, 0.25) is 0 Å². The number of benzene rings is 2. The van der Waals surface area contributed by atoms with Crippen molar-refractivity contribution < 1.29 is 22.7 Å². The number of amides is 1. The van der Waals surface area contributed by atoms with Gasteiger partial charge < -0.3 is 14.2 Å². The fourth-order valence-corrected chi connectivity index (χ4v) is 6.39. The molecule has 0 bridgehead atoms. The summed E-state index contributed by atoms with van der Waals surface area (Å²) in [5, 5.41) is 8.20. The number of rotatable bonds is 6. The van der Waals surface area contributed by atoms with Crippen LogP contribution in [-0.4, -0.2) is 51.4 Å². The number of aromatic nitrogens is 3. The van der Waals surface area contributed by atoms with Crippen molar-refractivity contribution in [2.75, 3.05) is 24.7 Å². The number of fused-ring (bicyclic) bond motifs is 1. The Morgan fingerprint density at radius 1 is 1.15 bits per heavy atom. The molecule has 1 aromatic heterocycles. The highest BCUT2D eigenvalue weighted by atomic mass is 19.4. The van der Waals surface area contributed by atoms with Gasteiger partial charge in [0.05, 0.1) is 25.3 Å². The first-order valence-corrected chi connectivity index (χ1v) is 13.9. The number of ether oxygens (including phenoxy) is 1. The standard InChI is InChI=1S/C30H34F3N5O2/c1-19-6-5-9-37(20(19)2)14-21-10-24-25(26(11-21)30(31,32)33)15-38(28(24)39)23-8-4-7-22(12-23)29(16-40-17-29)13-27-35-34-18-36(27)3/h4,7-8,10-12,18-20H,5-6,9,13-17H2,1-3H3/t19-,20-/m0/s1. The monoisotopic (exact) mass is 553 g/mol. The molecule has 3 aliphatic rings. The maximum Gasteiger partial charge on any atom is 0.416 e. The third-order valence-electron chi connectivity index (χ3n) is 9.13. The second kappa shape index (κ2) is 9.99. The van der Waals surface area contributed by atoms with Crippen LogP contribution in [0, 0.1) is 5.92 Å². The SMILES string of the molecule is C[C@H]1CCCN(Cc2cc3c(c(C(F)(F)F)c2)CN(c2cccc(C4(Cc5nncn5C)COC4)c2)C3=O)[C@H]1C. The van der Waals surface area contributed by atoms with E-state index >= 15 is 0 Å². The third-order valence-corrected chi connectivity index (χ3v) is 9.13. The van der Waals surface area contributed by atoms with Gasteiger partial charge in [0.1, 0.15) is 12.2 Å².